The number of benzene rings is 1. The van der Waals surface area contributed by atoms with Gasteiger partial charge in [0, 0.05) is 53.7 Å². The van der Waals surface area contributed by atoms with Crippen molar-refractivity contribution >= 4 is 44.8 Å². The summed E-state index contributed by atoms with van der Waals surface area (Å²) < 4.78 is 11.6. The summed E-state index contributed by atoms with van der Waals surface area (Å²) in [6.07, 6.45) is 1.59. The zero-order valence-corrected chi connectivity index (χ0v) is 18.0. The second kappa shape index (κ2) is 9.95. The van der Waals surface area contributed by atoms with Gasteiger partial charge in [0.2, 0.25) is 5.91 Å². The Morgan fingerprint density at radius 3 is 2.55 bits per heavy atom. The molecule has 8 nitrogen and oxygen atoms in total. The number of carbonyl (C=O) groups excluding carboxylic acids is 1. The van der Waals surface area contributed by atoms with Crippen LogP contribution in [-0.4, -0.2) is 50.6 Å². The van der Waals surface area contributed by atoms with Gasteiger partial charge in [-0.15, -0.1) is 11.3 Å². The second-order valence-electron chi connectivity index (χ2n) is 6.90. The molecule has 0 unspecified atom stereocenters. The molecule has 1 aliphatic rings. The third-order valence-corrected chi connectivity index (χ3v) is 6.82. The van der Waals surface area contributed by atoms with Crippen molar-refractivity contribution < 1.29 is 9.00 Å². The number of aryl methyl sites for hydroxylation is 2. The number of aliphatic imine (C=N–C) groups is 1. The van der Waals surface area contributed by atoms with Gasteiger partial charge in [0.15, 0.2) is 11.1 Å². The highest BCUT2D eigenvalue weighted by molar-refractivity contribution is 7.85. The van der Waals surface area contributed by atoms with Gasteiger partial charge < -0.3 is 16.8 Å². The molecule has 1 amide bonds. The monoisotopic (exact) mass is 434 g/mol. The zero-order chi connectivity index (χ0) is 20.8. The van der Waals surface area contributed by atoms with E-state index in [0.29, 0.717) is 5.13 Å². The van der Waals surface area contributed by atoms with Crippen LogP contribution in [0.25, 0.3) is 0 Å². The van der Waals surface area contributed by atoms with E-state index in [1.54, 1.807) is 0 Å². The lowest BCUT2D eigenvalue weighted by atomic mass is 10.1. The smallest absolute Gasteiger partial charge is 0.223 e. The fourth-order valence-corrected chi connectivity index (χ4v) is 5.32. The number of anilines is 1. The number of aromatic nitrogens is 1. The van der Waals surface area contributed by atoms with Gasteiger partial charge >= 0.3 is 0 Å². The number of nitrogens with zero attached hydrogens (tertiary/aromatic N) is 3. The minimum absolute atomic E-state index is 0.0388. The Bertz CT molecular complexity index is 896. The molecule has 1 aromatic heterocycles. The Labute approximate surface area is 176 Å². The van der Waals surface area contributed by atoms with Gasteiger partial charge in [0.25, 0.3) is 0 Å². The maximum atomic E-state index is 11.6. The lowest BCUT2D eigenvalue weighted by Gasteiger charge is -2.25. The zero-order valence-electron chi connectivity index (χ0n) is 16.4. The molecule has 0 radical (unpaired) electrons. The number of hydrogen-bond donors (Lipinski definition) is 3. The first-order chi connectivity index (χ1) is 13.9. The molecule has 1 aromatic carbocycles. The van der Waals surface area contributed by atoms with E-state index in [1.807, 2.05) is 24.3 Å². The predicted octanol–water partition coefficient (Wildman–Crippen LogP) is 1.36. The first-order valence-electron chi connectivity index (χ1n) is 9.41. The fourth-order valence-electron chi connectivity index (χ4n) is 3.09. The number of thiazole rings is 1. The first kappa shape index (κ1) is 21.4. The summed E-state index contributed by atoms with van der Waals surface area (Å²) in [4.78, 5) is 23.6. The number of nitrogens with two attached hydrogens (primary N) is 2. The van der Waals surface area contributed by atoms with E-state index in [-0.39, 0.29) is 11.9 Å². The van der Waals surface area contributed by atoms with Crippen molar-refractivity contribution in [3.63, 3.8) is 0 Å². The van der Waals surface area contributed by atoms with E-state index < -0.39 is 10.8 Å². The Morgan fingerprint density at radius 2 is 1.93 bits per heavy atom. The van der Waals surface area contributed by atoms with E-state index in [1.165, 1.54) is 18.3 Å². The van der Waals surface area contributed by atoms with Gasteiger partial charge in [-0.3, -0.25) is 13.9 Å². The summed E-state index contributed by atoms with van der Waals surface area (Å²) in [6.45, 7) is 3.91. The van der Waals surface area contributed by atoms with Crippen LogP contribution in [-0.2, 0) is 35.0 Å². The van der Waals surface area contributed by atoms with Crippen LogP contribution in [0.3, 0.4) is 0 Å². The fraction of sp³-hybridized carbons (Fsp3) is 0.421. The Morgan fingerprint density at radius 1 is 1.24 bits per heavy atom. The highest BCUT2D eigenvalue weighted by atomic mass is 32.2. The molecule has 3 rings (SSSR count). The topological polar surface area (TPSA) is 127 Å². The molecular formula is C19H26N6O2S2. The minimum Gasteiger partial charge on any atom is -0.370 e. The number of carbonyl (C=O) groups is 1. The van der Waals surface area contributed by atoms with Crippen molar-refractivity contribution in [1.29, 1.82) is 0 Å². The van der Waals surface area contributed by atoms with E-state index in [2.05, 4.69) is 20.2 Å². The van der Waals surface area contributed by atoms with E-state index in [0.717, 1.165) is 65.8 Å². The summed E-state index contributed by atoms with van der Waals surface area (Å²) in [6, 6.07) is 7.77. The maximum absolute atomic E-state index is 11.6. The standard InChI is InChI=1S/C19H26N6O2S2/c1-13(26)22-19-24-16(17(28-19)12-25-8-10-29(27)11-9-25)7-4-14-2-5-15(6-3-14)23-18(20)21/h2-3,5-6H,4,7-12H2,1H3,(H4,20,21,23)(H,22,24,26). The molecule has 156 valence electrons. The van der Waals surface area contributed by atoms with Gasteiger partial charge in [0.1, 0.15) is 0 Å². The van der Waals surface area contributed by atoms with E-state index >= 15 is 0 Å². The SMILES string of the molecule is CC(=O)Nc1nc(CCc2ccc(N=C(N)N)cc2)c(CN2CCS(=O)CC2)s1. The Hall–Kier alpha value is -2.30. The summed E-state index contributed by atoms with van der Waals surface area (Å²) in [7, 11) is -0.697. The highest BCUT2D eigenvalue weighted by Gasteiger charge is 2.19. The number of hydrogen-bond acceptors (Lipinski definition) is 6. The Balaban J connectivity index is 1.69. The van der Waals surface area contributed by atoms with Gasteiger partial charge in [-0.1, -0.05) is 12.1 Å². The van der Waals surface area contributed by atoms with E-state index in [4.69, 9.17) is 11.5 Å². The minimum atomic E-state index is -0.697. The number of rotatable bonds is 7. The normalized spacial score (nSPS) is 15.2. The van der Waals surface area contributed by atoms with Crippen LogP contribution in [0, 0.1) is 0 Å². The van der Waals surface area contributed by atoms with Crippen molar-refractivity contribution in [1.82, 2.24) is 9.88 Å². The van der Waals surface area contributed by atoms with Crippen LogP contribution < -0.4 is 16.8 Å². The van der Waals surface area contributed by atoms with Crippen LogP contribution in [0.2, 0.25) is 0 Å². The van der Waals surface area contributed by atoms with Crippen molar-refractivity contribution in [2.45, 2.75) is 26.3 Å². The summed E-state index contributed by atoms with van der Waals surface area (Å²) >= 11 is 1.52. The molecule has 5 N–H and O–H groups in total. The third kappa shape index (κ3) is 6.62. The molecule has 1 aliphatic heterocycles. The van der Waals surface area contributed by atoms with Crippen LogP contribution in [0.4, 0.5) is 10.8 Å². The van der Waals surface area contributed by atoms with Gasteiger partial charge in [-0.2, -0.15) is 0 Å². The number of nitrogens with one attached hydrogen (secondary N) is 1. The Kier molecular flexibility index (Phi) is 7.34. The summed E-state index contributed by atoms with van der Waals surface area (Å²) in [5, 5.41) is 3.43. The van der Waals surface area contributed by atoms with Crippen molar-refractivity contribution in [2.24, 2.45) is 16.5 Å². The molecule has 1 fully saturated rings. The molecule has 0 spiro atoms. The molecule has 1 saturated heterocycles. The summed E-state index contributed by atoms with van der Waals surface area (Å²) in [5.74, 6) is 1.35. The van der Waals surface area contributed by atoms with Crippen LogP contribution in [0.15, 0.2) is 29.3 Å². The van der Waals surface area contributed by atoms with Crippen LogP contribution in [0.1, 0.15) is 23.1 Å². The largest absolute Gasteiger partial charge is 0.370 e. The van der Waals surface area contributed by atoms with Gasteiger partial charge in [-0.25, -0.2) is 9.98 Å². The van der Waals surface area contributed by atoms with Crippen molar-refractivity contribution in [3.05, 3.63) is 40.4 Å². The average molecular weight is 435 g/mol. The number of guanidine groups is 1. The molecule has 0 bridgehead atoms. The van der Waals surface area contributed by atoms with E-state index in [9.17, 15) is 9.00 Å². The molecular weight excluding hydrogens is 408 g/mol. The second-order valence-corrected chi connectivity index (χ2v) is 9.68. The highest BCUT2D eigenvalue weighted by Crippen LogP contribution is 2.26. The van der Waals surface area contributed by atoms with Gasteiger partial charge in [-0.05, 0) is 30.5 Å². The summed E-state index contributed by atoms with van der Waals surface area (Å²) in [5.41, 5.74) is 13.7. The first-order valence-corrected chi connectivity index (χ1v) is 11.7. The average Bonchev–Trinajstić information content (AvgIpc) is 3.03. The molecule has 0 aliphatic carbocycles. The molecule has 29 heavy (non-hydrogen) atoms. The quantitative estimate of drug-likeness (QED) is 0.446. The third-order valence-electron chi connectivity index (χ3n) is 4.54. The van der Waals surface area contributed by atoms with Crippen LogP contribution in [0.5, 0.6) is 0 Å². The molecule has 2 aromatic rings. The molecule has 2 heterocycles. The van der Waals surface area contributed by atoms with Crippen molar-refractivity contribution in [3.8, 4) is 0 Å². The molecule has 10 heteroatoms. The lowest BCUT2D eigenvalue weighted by Crippen LogP contribution is -2.37. The maximum Gasteiger partial charge on any atom is 0.223 e. The lowest BCUT2D eigenvalue weighted by molar-refractivity contribution is -0.114. The van der Waals surface area contributed by atoms with Gasteiger partial charge in [0.05, 0.1) is 11.4 Å². The molecule has 0 atom stereocenters. The van der Waals surface area contributed by atoms with Crippen LogP contribution >= 0.6 is 11.3 Å². The van der Waals surface area contributed by atoms with Crippen molar-refractivity contribution in [2.75, 3.05) is 29.9 Å². The molecule has 0 saturated carbocycles. The predicted molar refractivity (Wildman–Crippen MR) is 119 cm³/mol. The number of amides is 1.